The molecular weight excluding hydrogens is 219 g/mol. The van der Waals surface area contributed by atoms with E-state index in [0.29, 0.717) is 12.5 Å². The molecule has 2 atom stereocenters. The molecule has 17 heavy (non-hydrogen) atoms. The minimum absolute atomic E-state index is 0.287. The van der Waals surface area contributed by atoms with Gasteiger partial charge in [-0.3, -0.25) is 9.69 Å². The van der Waals surface area contributed by atoms with Gasteiger partial charge in [-0.2, -0.15) is 0 Å². The Labute approximate surface area is 103 Å². The third kappa shape index (κ3) is 2.79. The number of rotatable bonds is 4. The molecule has 2 N–H and O–H groups in total. The molecule has 2 fully saturated rings. The van der Waals surface area contributed by atoms with Gasteiger partial charge < -0.3 is 5.73 Å². The van der Waals surface area contributed by atoms with E-state index in [2.05, 4.69) is 13.8 Å². The van der Waals surface area contributed by atoms with Crippen LogP contribution in [0.2, 0.25) is 0 Å². The molecule has 1 saturated heterocycles. The highest BCUT2D eigenvalue weighted by Gasteiger charge is 2.39. The van der Waals surface area contributed by atoms with Gasteiger partial charge in [0.15, 0.2) is 0 Å². The highest BCUT2D eigenvalue weighted by atomic mass is 19.1. The Kier molecular flexibility index (Phi) is 3.71. The number of amides is 1. The van der Waals surface area contributed by atoms with Crippen LogP contribution in [0.1, 0.15) is 33.1 Å². The van der Waals surface area contributed by atoms with Gasteiger partial charge in [0.25, 0.3) is 0 Å². The Morgan fingerprint density at radius 3 is 2.59 bits per heavy atom. The summed E-state index contributed by atoms with van der Waals surface area (Å²) in [6, 6.07) is -0.372. The van der Waals surface area contributed by atoms with Crippen molar-refractivity contribution < 1.29 is 9.18 Å². The molecule has 0 radical (unpaired) electrons. The number of nitrogens with two attached hydrogens (primary N) is 1. The van der Waals surface area contributed by atoms with Crippen molar-refractivity contribution in [3.8, 4) is 0 Å². The second kappa shape index (κ2) is 4.92. The molecule has 0 aromatic carbocycles. The zero-order valence-electron chi connectivity index (χ0n) is 10.7. The Hall–Kier alpha value is -0.640. The molecule has 0 spiro atoms. The summed E-state index contributed by atoms with van der Waals surface area (Å²) in [5.74, 6) is 1.82. The molecule has 3 nitrogen and oxygen atoms in total. The molecule has 1 saturated carbocycles. The fraction of sp³-hybridized carbons (Fsp3) is 0.923. The summed E-state index contributed by atoms with van der Waals surface area (Å²) in [6.45, 7) is 5.73. The number of hydrogen-bond donors (Lipinski definition) is 1. The minimum Gasteiger partial charge on any atom is -0.368 e. The van der Waals surface area contributed by atoms with E-state index < -0.39 is 6.17 Å². The topological polar surface area (TPSA) is 46.3 Å². The van der Waals surface area contributed by atoms with Crippen molar-refractivity contribution in [3.63, 3.8) is 0 Å². The lowest BCUT2D eigenvalue weighted by molar-refractivity contribution is -0.122. The lowest BCUT2D eigenvalue weighted by Gasteiger charge is -2.40. The number of carbonyl (C=O) groups excluding carboxylic acids is 1. The number of nitrogens with zero attached hydrogens (tertiary/aromatic N) is 1. The second-order valence-electron chi connectivity index (χ2n) is 6.05. The van der Waals surface area contributed by atoms with Gasteiger partial charge in [-0.15, -0.1) is 0 Å². The molecule has 4 heteroatoms. The molecular formula is C13H23FN2O. The van der Waals surface area contributed by atoms with Gasteiger partial charge in [0.1, 0.15) is 6.17 Å². The summed E-state index contributed by atoms with van der Waals surface area (Å²) in [5.41, 5.74) is 5.31. The van der Waals surface area contributed by atoms with E-state index in [1.807, 2.05) is 4.90 Å². The molecule has 0 aromatic heterocycles. The third-order valence-electron chi connectivity index (χ3n) is 4.39. The summed E-state index contributed by atoms with van der Waals surface area (Å²) < 4.78 is 13.3. The number of alkyl halides is 1. The van der Waals surface area contributed by atoms with Crippen LogP contribution in [0.4, 0.5) is 4.39 Å². The van der Waals surface area contributed by atoms with E-state index in [4.69, 9.17) is 5.73 Å². The number of carbonyl (C=O) groups is 1. The van der Waals surface area contributed by atoms with E-state index in [1.165, 1.54) is 12.8 Å². The maximum Gasteiger partial charge on any atom is 0.234 e. The molecule has 98 valence electrons. The van der Waals surface area contributed by atoms with Crippen LogP contribution in [0.5, 0.6) is 0 Å². The van der Waals surface area contributed by atoms with Crippen LogP contribution in [-0.2, 0) is 4.79 Å². The summed E-state index contributed by atoms with van der Waals surface area (Å²) in [6.07, 6.45) is 1.84. The van der Waals surface area contributed by atoms with Gasteiger partial charge in [0.2, 0.25) is 5.91 Å². The molecule has 0 unspecified atom stereocenters. The van der Waals surface area contributed by atoms with Gasteiger partial charge in [0, 0.05) is 19.5 Å². The Morgan fingerprint density at radius 2 is 2.06 bits per heavy atom. The van der Waals surface area contributed by atoms with E-state index >= 15 is 0 Å². The van der Waals surface area contributed by atoms with Crippen molar-refractivity contribution in [3.05, 3.63) is 0 Å². The monoisotopic (exact) mass is 242 g/mol. The molecule has 2 aliphatic rings. The average molecular weight is 242 g/mol. The molecule has 1 aliphatic carbocycles. The first-order chi connectivity index (χ1) is 7.97. The van der Waals surface area contributed by atoms with Crippen LogP contribution in [-0.4, -0.2) is 36.1 Å². The Bertz CT molecular complexity index is 289. The number of hydrogen-bond acceptors (Lipinski definition) is 2. The third-order valence-corrected chi connectivity index (χ3v) is 4.39. The van der Waals surface area contributed by atoms with E-state index in [0.717, 1.165) is 18.4 Å². The standard InChI is InChI=1S/C13H23FN2O/c1-8(2)10-3-9(4-10)6-16-7-11(14)5-12(16)13(15)17/h8-12H,3-7H2,1-2H3,(H2,15,17)/t9-,10+,11-,12-/m0/s1. The number of likely N-dealkylation sites (tertiary alicyclic amines) is 1. The van der Waals surface area contributed by atoms with E-state index in [-0.39, 0.29) is 18.4 Å². The summed E-state index contributed by atoms with van der Waals surface area (Å²) in [4.78, 5) is 13.2. The van der Waals surface area contributed by atoms with Crippen LogP contribution in [0, 0.1) is 17.8 Å². The van der Waals surface area contributed by atoms with Gasteiger partial charge in [-0.05, 0) is 30.6 Å². The minimum atomic E-state index is -0.881. The highest BCUT2D eigenvalue weighted by Crippen LogP contribution is 2.40. The fourth-order valence-electron chi connectivity index (χ4n) is 3.16. The van der Waals surface area contributed by atoms with Crippen LogP contribution >= 0.6 is 0 Å². The molecule has 1 heterocycles. The maximum atomic E-state index is 13.3. The number of halogens is 1. The first-order valence-electron chi connectivity index (χ1n) is 6.64. The van der Waals surface area contributed by atoms with Crippen molar-refractivity contribution in [2.45, 2.75) is 45.3 Å². The normalized spacial score (nSPS) is 38.4. The molecule has 2 rings (SSSR count). The van der Waals surface area contributed by atoms with Crippen LogP contribution in [0.25, 0.3) is 0 Å². The van der Waals surface area contributed by atoms with Crippen molar-refractivity contribution >= 4 is 5.91 Å². The van der Waals surface area contributed by atoms with Gasteiger partial charge in [-0.1, -0.05) is 13.8 Å². The van der Waals surface area contributed by atoms with Gasteiger partial charge >= 0.3 is 0 Å². The zero-order chi connectivity index (χ0) is 12.6. The lowest BCUT2D eigenvalue weighted by Crippen LogP contribution is -2.45. The Balaban J connectivity index is 1.81. The molecule has 0 bridgehead atoms. The SMILES string of the molecule is CC(C)[C@H]1C[C@@H](CN2C[C@@H](F)C[C@H]2C(N)=O)C1. The maximum absolute atomic E-state index is 13.3. The van der Waals surface area contributed by atoms with Crippen molar-refractivity contribution in [2.75, 3.05) is 13.1 Å². The first kappa shape index (κ1) is 12.8. The smallest absolute Gasteiger partial charge is 0.234 e. The second-order valence-corrected chi connectivity index (χ2v) is 6.05. The zero-order valence-corrected chi connectivity index (χ0v) is 10.7. The Morgan fingerprint density at radius 1 is 1.41 bits per heavy atom. The van der Waals surface area contributed by atoms with E-state index in [9.17, 15) is 9.18 Å². The van der Waals surface area contributed by atoms with Crippen LogP contribution < -0.4 is 5.73 Å². The predicted molar refractivity (Wildman–Crippen MR) is 65.1 cm³/mol. The summed E-state index contributed by atoms with van der Waals surface area (Å²) in [7, 11) is 0. The van der Waals surface area contributed by atoms with Crippen molar-refractivity contribution in [2.24, 2.45) is 23.5 Å². The summed E-state index contributed by atoms with van der Waals surface area (Å²) in [5, 5.41) is 0. The summed E-state index contributed by atoms with van der Waals surface area (Å²) >= 11 is 0. The van der Waals surface area contributed by atoms with Crippen LogP contribution in [0.15, 0.2) is 0 Å². The van der Waals surface area contributed by atoms with Crippen LogP contribution in [0.3, 0.4) is 0 Å². The highest BCUT2D eigenvalue weighted by molar-refractivity contribution is 5.80. The van der Waals surface area contributed by atoms with E-state index in [1.54, 1.807) is 0 Å². The first-order valence-corrected chi connectivity index (χ1v) is 6.64. The van der Waals surface area contributed by atoms with Gasteiger partial charge in [-0.25, -0.2) is 4.39 Å². The number of primary amides is 1. The van der Waals surface area contributed by atoms with Crippen molar-refractivity contribution in [1.82, 2.24) is 4.90 Å². The quantitative estimate of drug-likeness (QED) is 0.813. The fourth-order valence-corrected chi connectivity index (χ4v) is 3.16. The van der Waals surface area contributed by atoms with Crippen molar-refractivity contribution in [1.29, 1.82) is 0 Å². The predicted octanol–water partition coefficient (Wildman–Crippen LogP) is 1.57. The molecule has 0 aromatic rings. The largest absolute Gasteiger partial charge is 0.368 e. The molecule has 1 amide bonds. The molecule has 1 aliphatic heterocycles. The van der Waals surface area contributed by atoms with Gasteiger partial charge in [0.05, 0.1) is 6.04 Å². The average Bonchev–Trinajstić information content (AvgIpc) is 2.51. The lowest BCUT2D eigenvalue weighted by atomic mass is 9.69.